The van der Waals surface area contributed by atoms with E-state index in [4.69, 9.17) is 0 Å². The van der Waals surface area contributed by atoms with E-state index in [1.54, 1.807) is 30.3 Å². The van der Waals surface area contributed by atoms with Crippen LogP contribution in [0.3, 0.4) is 0 Å². The molecule has 0 saturated heterocycles. The molecule has 4 heteroatoms. The monoisotopic (exact) mass is 205 g/mol. The third-order valence-electron chi connectivity index (χ3n) is 1.90. The van der Waals surface area contributed by atoms with Gasteiger partial charge in [-0.2, -0.15) is 0 Å². The van der Waals surface area contributed by atoms with Gasteiger partial charge in [0.1, 0.15) is 12.6 Å². The van der Waals surface area contributed by atoms with E-state index in [-0.39, 0.29) is 19.0 Å². The van der Waals surface area contributed by atoms with E-state index in [9.17, 15) is 14.4 Å². The number of amides is 1. The summed E-state index contributed by atoms with van der Waals surface area (Å²) < 4.78 is 0. The van der Waals surface area contributed by atoms with Gasteiger partial charge in [0.05, 0.1) is 13.1 Å². The molecule has 0 saturated carbocycles. The number of hydrogen-bond donors (Lipinski definition) is 0. The molecule has 1 amide bonds. The maximum Gasteiger partial charge on any atom is 0.254 e. The Kier molecular flexibility index (Phi) is 4.22. The number of hydrogen-bond acceptors (Lipinski definition) is 3. The van der Waals surface area contributed by atoms with Crippen LogP contribution in [0.1, 0.15) is 10.4 Å². The third kappa shape index (κ3) is 3.02. The van der Waals surface area contributed by atoms with Crippen molar-refractivity contribution in [3.63, 3.8) is 0 Å². The first-order valence-electron chi connectivity index (χ1n) is 4.51. The highest BCUT2D eigenvalue weighted by Gasteiger charge is 2.13. The molecule has 0 aliphatic heterocycles. The lowest BCUT2D eigenvalue weighted by atomic mass is 10.2. The van der Waals surface area contributed by atoms with Crippen LogP contribution < -0.4 is 0 Å². The number of carbonyl (C=O) groups is 3. The van der Waals surface area contributed by atoms with E-state index in [0.717, 1.165) is 0 Å². The first kappa shape index (κ1) is 11.1. The zero-order valence-corrected chi connectivity index (χ0v) is 8.13. The number of rotatable bonds is 5. The summed E-state index contributed by atoms with van der Waals surface area (Å²) in [5.74, 6) is -0.310. The molecule has 0 unspecified atom stereocenters. The molecule has 0 aromatic heterocycles. The molecule has 1 aromatic carbocycles. The molecule has 0 bridgehead atoms. The first-order chi connectivity index (χ1) is 7.29. The molecular formula is C11H11NO3. The van der Waals surface area contributed by atoms with Crippen LogP contribution in [0.2, 0.25) is 0 Å². The van der Waals surface area contributed by atoms with Crippen molar-refractivity contribution in [2.45, 2.75) is 0 Å². The van der Waals surface area contributed by atoms with Gasteiger partial charge >= 0.3 is 0 Å². The van der Waals surface area contributed by atoms with Crippen molar-refractivity contribution in [1.29, 1.82) is 0 Å². The van der Waals surface area contributed by atoms with Crippen LogP contribution in [0.5, 0.6) is 0 Å². The van der Waals surface area contributed by atoms with Crippen molar-refractivity contribution in [3.8, 4) is 0 Å². The summed E-state index contributed by atoms with van der Waals surface area (Å²) >= 11 is 0. The lowest BCUT2D eigenvalue weighted by molar-refractivity contribution is -0.110. The zero-order valence-electron chi connectivity index (χ0n) is 8.13. The quantitative estimate of drug-likeness (QED) is 0.659. The molecule has 0 aliphatic rings. The van der Waals surface area contributed by atoms with Crippen LogP contribution >= 0.6 is 0 Å². The van der Waals surface area contributed by atoms with Crippen LogP contribution in [0.15, 0.2) is 30.3 Å². The molecule has 0 N–H and O–H groups in total. The average Bonchev–Trinajstić information content (AvgIpc) is 2.29. The van der Waals surface area contributed by atoms with Gasteiger partial charge in [-0.25, -0.2) is 0 Å². The second-order valence-corrected chi connectivity index (χ2v) is 2.91. The van der Waals surface area contributed by atoms with Gasteiger partial charge < -0.3 is 14.5 Å². The van der Waals surface area contributed by atoms with Gasteiger partial charge in [-0.3, -0.25) is 4.79 Å². The highest BCUT2D eigenvalue weighted by Crippen LogP contribution is 2.03. The van der Waals surface area contributed by atoms with E-state index in [0.29, 0.717) is 18.1 Å². The predicted molar refractivity (Wildman–Crippen MR) is 54.5 cm³/mol. The second-order valence-electron chi connectivity index (χ2n) is 2.91. The molecule has 0 spiro atoms. The highest BCUT2D eigenvalue weighted by molar-refractivity contribution is 5.96. The molecule has 0 radical (unpaired) electrons. The van der Waals surface area contributed by atoms with Crippen LogP contribution in [0, 0.1) is 0 Å². The Labute approximate surface area is 87.5 Å². The summed E-state index contributed by atoms with van der Waals surface area (Å²) in [5, 5.41) is 0. The van der Waals surface area contributed by atoms with E-state index in [2.05, 4.69) is 0 Å². The zero-order chi connectivity index (χ0) is 11.1. The van der Waals surface area contributed by atoms with Crippen LogP contribution in [-0.4, -0.2) is 36.5 Å². The Morgan fingerprint density at radius 1 is 1.07 bits per heavy atom. The van der Waals surface area contributed by atoms with Crippen molar-refractivity contribution >= 4 is 18.5 Å². The van der Waals surface area contributed by atoms with E-state index >= 15 is 0 Å². The lowest BCUT2D eigenvalue weighted by Crippen LogP contribution is -2.34. The number of nitrogens with zero attached hydrogens (tertiary/aromatic N) is 1. The van der Waals surface area contributed by atoms with Crippen molar-refractivity contribution in [2.75, 3.05) is 13.1 Å². The van der Waals surface area contributed by atoms with Gasteiger partial charge in [-0.1, -0.05) is 18.2 Å². The second kappa shape index (κ2) is 5.70. The Hall–Kier alpha value is -1.97. The smallest absolute Gasteiger partial charge is 0.254 e. The Morgan fingerprint density at radius 3 is 2.07 bits per heavy atom. The molecule has 0 fully saturated rings. The fourth-order valence-corrected chi connectivity index (χ4v) is 1.18. The molecule has 0 heterocycles. The van der Waals surface area contributed by atoms with Gasteiger partial charge in [-0.05, 0) is 12.1 Å². The third-order valence-corrected chi connectivity index (χ3v) is 1.90. The van der Waals surface area contributed by atoms with Crippen LogP contribution in [0.4, 0.5) is 0 Å². The fourth-order valence-electron chi connectivity index (χ4n) is 1.18. The van der Waals surface area contributed by atoms with E-state index in [1.807, 2.05) is 0 Å². The highest BCUT2D eigenvalue weighted by atomic mass is 16.2. The molecule has 15 heavy (non-hydrogen) atoms. The summed E-state index contributed by atoms with van der Waals surface area (Å²) in [5.41, 5.74) is 0.473. The SMILES string of the molecule is O=CCN(CC=O)C(=O)c1ccccc1. The van der Waals surface area contributed by atoms with Crippen LogP contribution in [0.25, 0.3) is 0 Å². The molecule has 1 rings (SSSR count). The summed E-state index contributed by atoms with van der Waals surface area (Å²) in [6, 6.07) is 8.54. The van der Waals surface area contributed by atoms with Gasteiger partial charge in [0, 0.05) is 5.56 Å². The molecule has 1 aromatic rings. The maximum absolute atomic E-state index is 11.7. The summed E-state index contributed by atoms with van der Waals surface area (Å²) in [6.45, 7) is -0.126. The topological polar surface area (TPSA) is 54.5 Å². The minimum atomic E-state index is -0.310. The molecule has 0 atom stereocenters. The Balaban J connectivity index is 2.80. The minimum absolute atomic E-state index is 0.0630. The average molecular weight is 205 g/mol. The van der Waals surface area contributed by atoms with Crippen molar-refractivity contribution in [3.05, 3.63) is 35.9 Å². The molecule has 0 aliphatic carbocycles. The van der Waals surface area contributed by atoms with Crippen molar-refractivity contribution in [1.82, 2.24) is 4.90 Å². The molecule has 78 valence electrons. The summed E-state index contributed by atoms with van der Waals surface area (Å²) in [4.78, 5) is 33.6. The summed E-state index contributed by atoms with van der Waals surface area (Å²) in [6.07, 6.45) is 1.20. The number of benzene rings is 1. The van der Waals surface area contributed by atoms with Crippen molar-refractivity contribution in [2.24, 2.45) is 0 Å². The van der Waals surface area contributed by atoms with Crippen LogP contribution in [-0.2, 0) is 9.59 Å². The fraction of sp³-hybridized carbons (Fsp3) is 0.182. The van der Waals surface area contributed by atoms with E-state index < -0.39 is 0 Å². The van der Waals surface area contributed by atoms with Gasteiger partial charge in [0.2, 0.25) is 0 Å². The van der Waals surface area contributed by atoms with Gasteiger partial charge in [0.15, 0.2) is 0 Å². The Bertz CT molecular complexity index is 338. The largest absolute Gasteiger partial charge is 0.325 e. The lowest BCUT2D eigenvalue weighted by Gasteiger charge is -2.16. The Morgan fingerprint density at radius 2 is 1.60 bits per heavy atom. The normalized spacial score (nSPS) is 9.33. The number of aldehydes is 2. The minimum Gasteiger partial charge on any atom is -0.325 e. The number of carbonyl (C=O) groups excluding carboxylic acids is 3. The standard InChI is InChI=1S/C11H11NO3/c13-8-6-12(7-9-14)11(15)10-4-2-1-3-5-10/h1-5,8-9H,6-7H2. The molecule has 4 nitrogen and oxygen atoms in total. The van der Waals surface area contributed by atoms with E-state index in [1.165, 1.54) is 4.90 Å². The molecular weight excluding hydrogens is 194 g/mol. The maximum atomic E-state index is 11.7. The summed E-state index contributed by atoms with van der Waals surface area (Å²) in [7, 11) is 0. The van der Waals surface area contributed by atoms with Crippen molar-refractivity contribution < 1.29 is 14.4 Å². The predicted octanol–water partition coefficient (Wildman–Crippen LogP) is 0.527. The van der Waals surface area contributed by atoms with Gasteiger partial charge in [0.25, 0.3) is 5.91 Å². The van der Waals surface area contributed by atoms with Gasteiger partial charge in [-0.15, -0.1) is 0 Å². The first-order valence-corrected chi connectivity index (χ1v) is 4.51.